The summed E-state index contributed by atoms with van der Waals surface area (Å²) < 4.78 is 13.1. The second kappa shape index (κ2) is 9.74. The van der Waals surface area contributed by atoms with E-state index in [2.05, 4.69) is 17.4 Å². The zero-order chi connectivity index (χ0) is 24.4. The standard InChI is InChI=1S/C28H33N3O4/c1-28(27(33)29-18-23-11-7-15-35-23)19-30-24-17-22(34-2)13-12-21(24)16-25(30)26(32)31(28)14-6-10-20-8-4-3-5-9-20/h3-5,8-9,12-13,16-17,23H,6-7,10-11,14-15,18-19H2,1-2H3,(H,29,33)/t23-,28-/m1/s1. The minimum atomic E-state index is -1.02. The fraction of sp³-hybridized carbons (Fsp3) is 0.429. The maximum absolute atomic E-state index is 13.8. The Morgan fingerprint density at radius 1 is 1.20 bits per heavy atom. The normalized spacial score (nSPS) is 21.8. The van der Waals surface area contributed by atoms with Gasteiger partial charge in [-0.25, -0.2) is 0 Å². The number of ether oxygens (including phenoxy) is 2. The molecule has 7 nitrogen and oxygen atoms in total. The van der Waals surface area contributed by atoms with Crippen LogP contribution in [0.1, 0.15) is 42.2 Å². The predicted octanol–water partition coefficient (Wildman–Crippen LogP) is 3.79. The molecular formula is C28H33N3O4. The predicted molar refractivity (Wildman–Crippen MR) is 135 cm³/mol. The molecule has 3 heterocycles. The first kappa shape index (κ1) is 23.4. The molecule has 1 saturated heterocycles. The Morgan fingerprint density at radius 3 is 2.77 bits per heavy atom. The smallest absolute Gasteiger partial charge is 0.271 e. The first-order valence-electron chi connectivity index (χ1n) is 12.4. The third-order valence-corrected chi connectivity index (χ3v) is 7.33. The third-order valence-electron chi connectivity index (χ3n) is 7.33. The van der Waals surface area contributed by atoms with E-state index in [1.165, 1.54) is 5.56 Å². The van der Waals surface area contributed by atoms with Crippen molar-refractivity contribution >= 4 is 22.7 Å². The highest BCUT2D eigenvalue weighted by Gasteiger charge is 2.47. The second-order valence-corrected chi connectivity index (χ2v) is 9.71. The molecule has 3 aromatic rings. The molecule has 0 bridgehead atoms. The zero-order valence-corrected chi connectivity index (χ0v) is 20.5. The van der Waals surface area contributed by atoms with Crippen LogP contribution in [0.4, 0.5) is 0 Å². The van der Waals surface area contributed by atoms with Crippen molar-refractivity contribution in [1.29, 1.82) is 0 Å². The van der Waals surface area contributed by atoms with Gasteiger partial charge in [0, 0.05) is 31.1 Å². The molecule has 1 N–H and O–H groups in total. The molecule has 5 rings (SSSR count). The molecule has 7 heteroatoms. The number of nitrogens with one attached hydrogen (secondary N) is 1. The summed E-state index contributed by atoms with van der Waals surface area (Å²) in [6.45, 7) is 3.97. The fourth-order valence-electron chi connectivity index (χ4n) is 5.30. The Labute approximate surface area is 206 Å². The van der Waals surface area contributed by atoms with Crippen LogP contribution in [-0.4, -0.2) is 59.7 Å². The van der Waals surface area contributed by atoms with Crippen LogP contribution in [0, 0.1) is 0 Å². The lowest BCUT2D eigenvalue weighted by molar-refractivity contribution is -0.133. The largest absolute Gasteiger partial charge is 0.497 e. The number of carbonyl (C=O) groups excluding carboxylic acids is 2. The zero-order valence-electron chi connectivity index (χ0n) is 20.5. The average molecular weight is 476 g/mol. The van der Waals surface area contributed by atoms with Crippen LogP contribution in [0.25, 0.3) is 10.9 Å². The van der Waals surface area contributed by atoms with Gasteiger partial charge in [0.1, 0.15) is 17.0 Å². The number of amides is 2. The van der Waals surface area contributed by atoms with Gasteiger partial charge in [-0.05, 0) is 56.4 Å². The molecule has 0 aliphatic carbocycles. The van der Waals surface area contributed by atoms with Crippen molar-refractivity contribution in [1.82, 2.24) is 14.8 Å². The Balaban J connectivity index is 1.44. The maximum Gasteiger partial charge on any atom is 0.271 e. The van der Waals surface area contributed by atoms with Gasteiger partial charge >= 0.3 is 0 Å². The van der Waals surface area contributed by atoms with E-state index >= 15 is 0 Å². The van der Waals surface area contributed by atoms with Crippen molar-refractivity contribution in [2.75, 3.05) is 26.8 Å². The third kappa shape index (κ3) is 4.52. The molecular weight excluding hydrogens is 442 g/mol. The summed E-state index contributed by atoms with van der Waals surface area (Å²) in [6.07, 6.45) is 3.63. The van der Waals surface area contributed by atoms with E-state index in [4.69, 9.17) is 9.47 Å². The van der Waals surface area contributed by atoms with Crippen LogP contribution in [0.5, 0.6) is 5.75 Å². The van der Waals surface area contributed by atoms with Crippen molar-refractivity contribution in [3.63, 3.8) is 0 Å². The van der Waals surface area contributed by atoms with E-state index in [0.29, 0.717) is 25.3 Å². The molecule has 1 aromatic heterocycles. The lowest BCUT2D eigenvalue weighted by Gasteiger charge is -2.44. The lowest BCUT2D eigenvalue weighted by Crippen LogP contribution is -2.64. The number of nitrogens with zero attached hydrogens (tertiary/aromatic N) is 2. The highest BCUT2D eigenvalue weighted by Crippen LogP contribution is 2.34. The minimum absolute atomic E-state index is 0.0422. The molecule has 0 spiro atoms. The van der Waals surface area contributed by atoms with Gasteiger partial charge in [0.15, 0.2) is 0 Å². The second-order valence-electron chi connectivity index (χ2n) is 9.71. The van der Waals surface area contributed by atoms with Gasteiger partial charge in [0.05, 0.1) is 25.3 Å². The van der Waals surface area contributed by atoms with Crippen LogP contribution in [0.3, 0.4) is 0 Å². The Kier molecular flexibility index (Phi) is 6.52. The number of hydrogen-bond acceptors (Lipinski definition) is 4. The average Bonchev–Trinajstić information content (AvgIpc) is 3.53. The van der Waals surface area contributed by atoms with E-state index < -0.39 is 5.54 Å². The topological polar surface area (TPSA) is 72.8 Å². The van der Waals surface area contributed by atoms with Crippen LogP contribution >= 0.6 is 0 Å². The molecule has 0 radical (unpaired) electrons. The first-order chi connectivity index (χ1) is 17.0. The number of methoxy groups -OCH3 is 1. The van der Waals surface area contributed by atoms with Crippen molar-refractivity contribution in [3.05, 3.63) is 65.9 Å². The monoisotopic (exact) mass is 475 g/mol. The molecule has 35 heavy (non-hydrogen) atoms. The molecule has 2 atom stereocenters. The van der Waals surface area contributed by atoms with Crippen molar-refractivity contribution in [2.24, 2.45) is 0 Å². The van der Waals surface area contributed by atoms with Gasteiger partial charge in [0.25, 0.3) is 5.91 Å². The SMILES string of the molecule is COc1ccc2cc3n(c2c1)C[C@](C)(C(=O)NC[C@H]1CCCO1)N(CCCc1ccccc1)C3=O. The molecule has 184 valence electrons. The van der Waals surface area contributed by atoms with E-state index in [1.807, 2.05) is 54.0 Å². The number of fused-ring (bicyclic) bond motifs is 3. The van der Waals surface area contributed by atoms with Crippen LogP contribution in [-0.2, 0) is 22.5 Å². The molecule has 2 aliphatic heterocycles. The summed E-state index contributed by atoms with van der Waals surface area (Å²) in [4.78, 5) is 29.3. The summed E-state index contributed by atoms with van der Waals surface area (Å²) in [7, 11) is 1.63. The van der Waals surface area contributed by atoms with Crippen molar-refractivity contribution in [3.8, 4) is 5.75 Å². The van der Waals surface area contributed by atoms with Gasteiger partial charge in [-0.15, -0.1) is 0 Å². The Morgan fingerprint density at radius 2 is 2.03 bits per heavy atom. The molecule has 1 fully saturated rings. The van der Waals surface area contributed by atoms with Gasteiger partial charge in [-0.2, -0.15) is 0 Å². The minimum Gasteiger partial charge on any atom is -0.497 e. The highest BCUT2D eigenvalue weighted by atomic mass is 16.5. The number of hydrogen-bond donors (Lipinski definition) is 1. The van der Waals surface area contributed by atoms with E-state index in [-0.39, 0.29) is 17.9 Å². The Bertz CT molecular complexity index is 1220. The van der Waals surface area contributed by atoms with E-state index in [9.17, 15) is 9.59 Å². The number of rotatable bonds is 8. The molecule has 2 aromatic carbocycles. The van der Waals surface area contributed by atoms with E-state index in [0.717, 1.165) is 48.9 Å². The lowest BCUT2D eigenvalue weighted by atomic mass is 9.93. The molecule has 2 amide bonds. The first-order valence-corrected chi connectivity index (χ1v) is 12.4. The fourth-order valence-corrected chi connectivity index (χ4v) is 5.30. The molecule has 0 unspecified atom stereocenters. The van der Waals surface area contributed by atoms with Crippen LogP contribution in [0.2, 0.25) is 0 Å². The number of benzene rings is 2. The van der Waals surface area contributed by atoms with Gasteiger partial charge in [-0.3, -0.25) is 9.59 Å². The summed E-state index contributed by atoms with van der Waals surface area (Å²) in [5.41, 5.74) is 1.71. The molecule has 2 aliphatic rings. The number of carbonyl (C=O) groups is 2. The number of aromatic nitrogens is 1. The van der Waals surface area contributed by atoms with Gasteiger partial charge in [-0.1, -0.05) is 30.3 Å². The molecule has 0 saturated carbocycles. The quantitative estimate of drug-likeness (QED) is 0.538. The summed E-state index contributed by atoms with van der Waals surface area (Å²) in [5, 5.41) is 4.05. The highest BCUT2D eigenvalue weighted by molar-refractivity contribution is 6.03. The Hall–Kier alpha value is -3.32. The van der Waals surface area contributed by atoms with Gasteiger partial charge < -0.3 is 24.3 Å². The van der Waals surface area contributed by atoms with E-state index in [1.54, 1.807) is 12.0 Å². The summed E-state index contributed by atoms with van der Waals surface area (Å²) in [6, 6.07) is 17.9. The van der Waals surface area contributed by atoms with Gasteiger partial charge in [0.2, 0.25) is 5.91 Å². The summed E-state index contributed by atoms with van der Waals surface area (Å²) >= 11 is 0. The van der Waals surface area contributed by atoms with Crippen molar-refractivity contribution in [2.45, 2.75) is 50.8 Å². The maximum atomic E-state index is 13.8. The van der Waals surface area contributed by atoms with Crippen LogP contribution in [0.15, 0.2) is 54.6 Å². The number of aryl methyl sites for hydroxylation is 1. The van der Waals surface area contributed by atoms with Crippen LogP contribution < -0.4 is 10.1 Å². The summed E-state index contributed by atoms with van der Waals surface area (Å²) in [5.74, 6) is 0.464. The van der Waals surface area contributed by atoms with Crippen molar-refractivity contribution < 1.29 is 19.1 Å².